The summed E-state index contributed by atoms with van der Waals surface area (Å²) < 4.78 is 0. The van der Waals surface area contributed by atoms with Gasteiger partial charge in [-0.2, -0.15) is 0 Å². The number of benzene rings is 1. The first-order chi connectivity index (χ1) is 10.0. The highest BCUT2D eigenvalue weighted by Gasteiger charge is 2.09. The average Bonchev–Trinajstić information content (AvgIpc) is 2.48. The molecule has 0 aromatic heterocycles. The van der Waals surface area contributed by atoms with Crippen molar-refractivity contribution in [3.05, 3.63) is 35.4 Å². The van der Waals surface area contributed by atoms with Crippen LogP contribution in [-0.4, -0.2) is 36.0 Å². The standard InChI is InChI=1S/C15H20N2O4/c1-2-8-16-14(20)11-5-3-6-12(10-11)15(21)17-9-4-7-13(18)19/h3,5-6,10H,2,4,7-9H2,1H3,(H,16,20)(H,17,21)(H,18,19). The summed E-state index contributed by atoms with van der Waals surface area (Å²) in [6, 6.07) is 6.43. The van der Waals surface area contributed by atoms with Gasteiger partial charge in [0, 0.05) is 30.6 Å². The van der Waals surface area contributed by atoms with Crippen LogP contribution in [0.1, 0.15) is 46.9 Å². The molecule has 0 atom stereocenters. The van der Waals surface area contributed by atoms with Crippen LogP contribution in [0, 0.1) is 0 Å². The van der Waals surface area contributed by atoms with E-state index < -0.39 is 5.97 Å². The minimum absolute atomic E-state index is 0.0136. The van der Waals surface area contributed by atoms with Crippen molar-refractivity contribution in [1.82, 2.24) is 10.6 Å². The Morgan fingerprint density at radius 2 is 1.62 bits per heavy atom. The summed E-state index contributed by atoms with van der Waals surface area (Å²) in [7, 11) is 0. The van der Waals surface area contributed by atoms with E-state index in [1.807, 2.05) is 6.92 Å². The molecule has 1 aromatic rings. The fourth-order valence-electron chi connectivity index (χ4n) is 1.69. The minimum atomic E-state index is -0.890. The third kappa shape index (κ3) is 6.07. The van der Waals surface area contributed by atoms with Crippen LogP contribution in [-0.2, 0) is 4.79 Å². The zero-order chi connectivity index (χ0) is 15.7. The van der Waals surface area contributed by atoms with Crippen molar-refractivity contribution in [1.29, 1.82) is 0 Å². The summed E-state index contributed by atoms with van der Waals surface area (Å²) in [6.07, 6.45) is 1.23. The molecule has 1 aromatic carbocycles. The molecule has 0 unspecified atom stereocenters. The van der Waals surface area contributed by atoms with E-state index in [2.05, 4.69) is 10.6 Å². The Morgan fingerprint density at radius 3 is 2.14 bits per heavy atom. The van der Waals surface area contributed by atoms with E-state index in [0.29, 0.717) is 24.1 Å². The Kier molecular flexibility index (Phi) is 6.94. The number of carboxylic acids is 1. The largest absolute Gasteiger partial charge is 0.481 e. The number of carbonyl (C=O) groups is 3. The van der Waals surface area contributed by atoms with Crippen molar-refractivity contribution in [3.8, 4) is 0 Å². The fourth-order valence-corrected chi connectivity index (χ4v) is 1.69. The van der Waals surface area contributed by atoms with Crippen LogP contribution in [0.15, 0.2) is 24.3 Å². The maximum absolute atomic E-state index is 11.9. The zero-order valence-electron chi connectivity index (χ0n) is 12.0. The molecular weight excluding hydrogens is 272 g/mol. The molecule has 21 heavy (non-hydrogen) atoms. The van der Waals surface area contributed by atoms with Gasteiger partial charge >= 0.3 is 5.97 Å². The Hall–Kier alpha value is -2.37. The van der Waals surface area contributed by atoms with Gasteiger partial charge in [0.05, 0.1) is 0 Å². The normalized spacial score (nSPS) is 9.95. The lowest BCUT2D eigenvalue weighted by atomic mass is 10.1. The van der Waals surface area contributed by atoms with Crippen molar-refractivity contribution >= 4 is 17.8 Å². The summed E-state index contributed by atoms with van der Waals surface area (Å²) in [4.78, 5) is 34.1. The first-order valence-electron chi connectivity index (χ1n) is 6.93. The molecule has 0 aliphatic heterocycles. The molecule has 0 aliphatic rings. The minimum Gasteiger partial charge on any atom is -0.481 e. The van der Waals surface area contributed by atoms with Gasteiger partial charge in [0.25, 0.3) is 11.8 Å². The second kappa shape index (κ2) is 8.73. The Balaban J connectivity index is 2.56. The van der Waals surface area contributed by atoms with Gasteiger partial charge in [-0.05, 0) is 31.0 Å². The molecule has 1 rings (SSSR count). The maximum Gasteiger partial charge on any atom is 0.303 e. The lowest BCUT2D eigenvalue weighted by molar-refractivity contribution is -0.137. The van der Waals surface area contributed by atoms with Gasteiger partial charge in [0.2, 0.25) is 0 Å². The highest BCUT2D eigenvalue weighted by Crippen LogP contribution is 2.05. The SMILES string of the molecule is CCCNC(=O)c1cccc(C(=O)NCCCC(=O)O)c1. The molecule has 0 heterocycles. The summed E-state index contributed by atoms with van der Waals surface area (Å²) in [5.74, 6) is -1.42. The molecule has 6 heteroatoms. The molecule has 0 saturated carbocycles. The Labute approximate surface area is 123 Å². The van der Waals surface area contributed by atoms with Crippen molar-refractivity contribution in [2.24, 2.45) is 0 Å². The molecule has 0 bridgehead atoms. The first-order valence-corrected chi connectivity index (χ1v) is 6.93. The van der Waals surface area contributed by atoms with Crippen LogP contribution < -0.4 is 10.6 Å². The first kappa shape index (κ1) is 16.7. The second-order valence-corrected chi connectivity index (χ2v) is 4.59. The summed E-state index contributed by atoms with van der Waals surface area (Å²) in [6.45, 7) is 2.84. The number of hydrogen-bond donors (Lipinski definition) is 3. The quantitative estimate of drug-likeness (QED) is 0.631. The Morgan fingerprint density at radius 1 is 1.05 bits per heavy atom. The van der Waals surface area contributed by atoms with Gasteiger partial charge in [0.1, 0.15) is 0 Å². The summed E-state index contributed by atoms with van der Waals surface area (Å²) in [5, 5.41) is 13.9. The highest BCUT2D eigenvalue weighted by atomic mass is 16.4. The van der Waals surface area contributed by atoms with Crippen LogP contribution in [0.4, 0.5) is 0 Å². The number of carbonyl (C=O) groups excluding carboxylic acids is 2. The molecule has 2 amide bonds. The van der Waals surface area contributed by atoms with Crippen molar-refractivity contribution in [2.45, 2.75) is 26.2 Å². The van der Waals surface area contributed by atoms with E-state index >= 15 is 0 Å². The molecular formula is C15H20N2O4. The topological polar surface area (TPSA) is 95.5 Å². The van der Waals surface area contributed by atoms with Crippen LogP contribution in [0.5, 0.6) is 0 Å². The molecule has 6 nitrogen and oxygen atoms in total. The number of carboxylic acid groups (broad SMARTS) is 1. The summed E-state index contributed by atoms with van der Waals surface area (Å²) >= 11 is 0. The number of amides is 2. The van der Waals surface area contributed by atoms with Gasteiger partial charge < -0.3 is 15.7 Å². The zero-order valence-corrected chi connectivity index (χ0v) is 12.0. The molecule has 0 radical (unpaired) electrons. The average molecular weight is 292 g/mol. The van der Waals surface area contributed by atoms with Crippen LogP contribution in [0.2, 0.25) is 0 Å². The van der Waals surface area contributed by atoms with Crippen LogP contribution in [0.3, 0.4) is 0 Å². The van der Waals surface area contributed by atoms with E-state index in [0.717, 1.165) is 6.42 Å². The smallest absolute Gasteiger partial charge is 0.303 e. The van der Waals surface area contributed by atoms with E-state index in [1.165, 1.54) is 6.07 Å². The third-order valence-electron chi connectivity index (χ3n) is 2.78. The van der Waals surface area contributed by atoms with E-state index in [9.17, 15) is 14.4 Å². The van der Waals surface area contributed by atoms with Crippen LogP contribution in [0.25, 0.3) is 0 Å². The van der Waals surface area contributed by atoms with E-state index in [1.54, 1.807) is 18.2 Å². The summed E-state index contributed by atoms with van der Waals surface area (Å²) in [5.41, 5.74) is 0.816. The van der Waals surface area contributed by atoms with Gasteiger partial charge in [-0.15, -0.1) is 0 Å². The molecule has 0 spiro atoms. The van der Waals surface area contributed by atoms with Crippen LogP contribution >= 0.6 is 0 Å². The third-order valence-corrected chi connectivity index (χ3v) is 2.78. The molecule has 3 N–H and O–H groups in total. The number of hydrogen-bond acceptors (Lipinski definition) is 3. The van der Waals surface area contributed by atoms with Crippen molar-refractivity contribution in [3.63, 3.8) is 0 Å². The maximum atomic E-state index is 11.9. The Bertz CT molecular complexity index is 514. The predicted molar refractivity (Wildman–Crippen MR) is 78.3 cm³/mol. The van der Waals surface area contributed by atoms with Gasteiger partial charge in [-0.1, -0.05) is 13.0 Å². The number of aliphatic carboxylic acids is 1. The highest BCUT2D eigenvalue weighted by molar-refractivity contribution is 5.99. The number of rotatable bonds is 8. The van der Waals surface area contributed by atoms with E-state index in [-0.39, 0.29) is 24.8 Å². The second-order valence-electron chi connectivity index (χ2n) is 4.59. The van der Waals surface area contributed by atoms with Crippen molar-refractivity contribution in [2.75, 3.05) is 13.1 Å². The van der Waals surface area contributed by atoms with Crippen molar-refractivity contribution < 1.29 is 19.5 Å². The van der Waals surface area contributed by atoms with Gasteiger partial charge in [-0.3, -0.25) is 14.4 Å². The monoisotopic (exact) mass is 292 g/mol. The lowest BCUT2D eigenvalue weighted by Crippen LogP contribution is -2.26. The molecule has 114 valence electrons. The number of nitrogens with one attached hydrogen (secondary N) is 2. The van der Waals surface area contributed by atoms with Gasteiger partial charge in [0.15, 0.2) is 0 Å². The molecule has 0 fully saturated rings. The lowest BCUT2D eigenvalue weighted by Gasteiger charge is -2.07. The fraction of sp³-hybridized carbons (Fsp3) is 0.400. The molecule has 0 aliphatic carbocycles. The van der Waals surface area contributed by atoms with Gasteiger partial charge in [-0.25, -0.2) is 0 Å². The van der Waals surface area contributed by atoms with E-state index in [4.69, 9.17) is 5.11 Å². The predicted octanol–water partition coefficient (Wildman–Crippen LogP) is 1.42. The molecule has 0 saturated heterocycles.